The van der Waals surface area contributed by atoms with E-state index in [0.717, 1.165) is 31.2 Å². The van der Waals surface area contributed by atoms with Gasteiger partial charge in [0.1, 0.15) is 6.04 Å². The van der Waals surface area contributed by atoms with Gasteiger partial charge in [0.15, 0.2) is 0 Å². The molecular formula is C19H28N2O3. The lowest BCUT2D eigenvalue weighted by molar-refractivity contribution is -0.142. The predicted molar refractivity (Wildman–Crippen MR) is 93.3 cm³/mol. The number of rotatable bonds is 7. The van der Waals surface area contributed by atoms with E-state index in [9.17, 15) is 14.7 Å². The molecule has 1 aromatic rings. The van der Waals surface area contributed by atoms with Crippen molar-refractivity contribution in [3.05, 3.63) is 35.9 Å². The van der Waals surface area contributed by atoms with Crippen LogP contribution in [0.25, 0.3) is 0 Å². The van der Waals surface area contributed by atoms with Crippen molar-refractivity contribution in [1.82, 2.24) is 10.2 Å². The molecule has 2 atom stereocenters. The lowest BCUT2D eigenvalue weighted by atomic mass is 10.0. The van der Waals surface area contributed by atoms with E-state index in [4.69, 9.17) is 0 Å². The lowest BCUT2D eigenvalue weighted by Crippen LogP contribution is -2.52. The van der Waals surface area contributed by atoms with Gasteiger partial charge in [-0.1, -0.05) is 37.3 Å². The molecule has 0 aromatic heterocycles. The van der Waals surface area contributed by atoms with Crippen molar-refractivity contribution in [3.63, 3.8) is 0 Å². The first-order valence-corrected chi connectivity index (χ1v) is 8.93. The molecule has 0 spiro atoms. The standard InChI is InChI=1S/C19H28N2O3/c1-2-8-18(23)21-14-7-6-11-16(21)19(24)20-13-12-17(22)15-9-4-3-5-10-15/h3-5,9-10,16-17,22H,2,6-8,11-14H2,1H3,(H,20,24). The fraction of sp³-hybridized carbons (Fsp3) is 0.579. The Labute approximate surface area is 144 Å². The number of nitrogens with zero attached hydrogens (tertiary/aromatic N) is 1. The van der Waals surface area contributed by atoms with Crippen LogP contribution >= 0.6 is 0 Å². The third kappa shape index (κ3) is 5.06. The molecule has 0 aliphatic carbocycles. The molecule has 2 rings (SSSR count). The van der Waals surface area contributed by atoms with Crippen molar-refractivity contribution in [3.8, 4) is 0 Å². The second-order valence-corrected chi connectivity index (χ2v) is 6.35. The second kappa shape index (κ2) is 9.42. The van der Waals surface area contributed by atoms with E-state index in [-0.39, 0.29) is 17.9 Å². The summed E-state index contributed by atoms with van der Waals surface area (Å²) < 4.78 is 0. The zero-order valence-corrected chi connectivity index (χ0v) is 14.4. The molecule has 24 heavy (non-hydrogen) atoms. The largest absolute Gasteiger partial charge is 0.388 e. The van der Waals surface area contributed by atoms with Crippen molar-refractivity contribution in [1.29, 1.82) is 0 Å². The molecule has 1 saturated heterocycles. The van der Waals surface area contributed by atoms with Gasteiger partial charge in [0.05, 0.1) is 6.10 Å². The van der Waals surface area contributed by atoms with Crippen LogP contribution in [0.15, 0.2) is 30.3 Å². The summed E-state index contributed by atoms with van der Waals surface area (Å²) in [7, 11) is 0. The van der Waals surface area contributed by atoms with Crippen LogP contribution in [-0.4, -0.2) is 41.0 Å². The number of carbonyl (C=O) groups excluding carboxylic acids is 2. The fourth-order valence-corrected chi connectivity index (χ4v) is 3.15. The Kier molecular flexibility index (Phi) is 7.25. The summed E-state index contributed by atoms with van der Waals surface area (Å²) in [5.41, 5.74) is 0.851. The Hall–Kier alpha value is -1.88. The third-order valence-electron chi connectivity index (χ3n) is 4.49. The molecule has 1 aliphatic rings. The van der Waals surface area contributed by atoms with Crippen LogP contribution < -0.4 is 5.32 Å². The SMILES string of the molecule is CCCC(=O)N1CCCCC1C(=O)NCCC(O)c1ccccc1. The van der Waals surface area contributed by atoms with E-state index in [0.29, 0.717) is 25.9 Å². The number of benzene rings is 1. The van der Waals surface area contributed by atoms with Gasteiger partial charge in [0, 0.05) is 19.5 Å². The van der Waals surface area contributed by atoms with E-state index in [1.54, 1.807) is 4.90 Å². The smallest absolute Gasteiger partial charge is 0.242 e. The van der Waals surface area contributed by atoms with Crippen LogP contribution in [0.4, 0.5) is 0 Å². The number of aliphatic hydroxyl groups excluding tert-OH is 1. The quantitative estimate of drug-likeness (QED) is 0.805. The maximum absolute atomic E-state index is 12.4. The van der Waals surface area contributed by atoms with Crippen LogP contribution in [0, 0.1) is 0 Å². The molecule has 2 N–H and O–H groups in total. The molecule has 1 aromatic carbocycles. The third-order valence-corrected chi connectivity index (χ3v) is 4.49. The number of hydrogen-bond acceptors (Lipinski definition) is 3. The maximum atomic E-state index is 12.4. The van der Waals surface area contributed by atoms with Crippen LogP contribution in [0.2, 0.25) is 0 Å². The lowest BCUT2D eigenvalue weighted by Gasteiger charge is -2.34. The fourth-order valence-electron chi connectivity index (χ4n) is 3.15. The van der Waals surface area contributed by atoms with Gasteiger partial charge in [0.2, 0.25) is 11.8 Å². The van der Waals surface area contributed by atoms with Crippen molar-refractivity contribution in [2.75, 3.05) is 13.1 Å². The van der Waals surface area contributed by atoms with E-state index in [1.807, 2.05) is 37.3 Å². The van der Waals surface area contributed by atoms with E-state index in [1.165, 1.54) is 0 Å². The first-order chi connectivity index (χ1) is 11.6. The molecule has 5 nitrogen and oxygen atoms in total. The number of carbonyl (C=O) groups is 2. The maximum Gasteiger partial charge on any atom is 0.242 e. The Morgan fingerprint density at radius 2 is 2.04 bits per heavy atom. The summed E-state index contributed by atoms with van der Waals surface area (Å²) in [4.78, 5) is 26.4. The summed E-state index contributed by atoms with van der Waals surface area (Å²) in [6.45, 7) is 3.05. The highest BCUT2D eigenvalue weighted by molar-refractivity contribution is 5.87. The molecule has 1 heterocycles. The normalized spacial score (nSPS) is 18.9. The zero-order valence-electron chi connectivity index (χ0n) is 14.4. The number of hydrogen-bond donors (Lipinski definition) is 2. The van der Waals surface area contributed by atoms with E-state index < -0.39 is 6.10 Å². The van der Waals surface area contributed by atoms with Crippen molar-refractivity contribution in [2.45, 2.75) is 57.6 Å². The molecule has 5 heteroatoms. The summed E-state index contributed by atoms with van der Waals surface area (Å²) in [6, 6.07) is 9.07. The van der Waals surface area contributed by atoms with Gasteiger partial charge in [0.25, 0.3) is 0 Å². The van der Waals surface area contributed by atoms with Gasteiger partial charge in [-0.3, -0.25) is 9.59 Å². The minimum atomic E-state index is -0.587. The number of aliphatic hydroxyl groups is 1. The zero-order chi connectivity index (χ0) is 17.4. The van der Waals surface area contributed by atoms with Crippen molar-refractivity contribution in [2.24, 2.45) is 0 Å². The summed E-state index contributed by atoms with van der Waals surface area (Å²) in [6.07, 6.45) is 3.83. The van der Waals surface area contributed by atoms with Crippen LogP contribution in [0.5, 0.6) is 0 Å². The van der Waals surface area contributed by atoms with Gasteiger partial charge in [-0.05, 0) is 37.7 Å². The van der Waals surface area contributed by atoms with Crippen molar-refractivity contribution < 1.29 is 14.7 Å². The van der Waals surface area contributed by atoms with Crippen LogP contribution in [0.3, 0.4) is 0 Å². The molecule has 0 bridgehead atoms. The minimum Gasteiger partial charge on any atom is -0.388 e. The molecule has 0 saturated carbocycles. The average Bonchev–Trinajstić information content (AvgIpc) is 2.62. The molecular weight excluding hydrogens is 304 g/mol. The predicted octanol–water partition coefficient (Wildman–Crippen LogP) is 2.41. The van der Waals surface area contributed by atoms with Crippen molar-refractivity contribution >= 4 is 11.8 Å². The van der Waals surface area contributed by atoms with Gasteiger partial charge in [-0.25, -0.2) is 0 Å². The molecule has 1 aliphatic heterocycles. The Morgan fingerprint density at radius 3 is 2.75 bits per heavy atom. The first kappa shape index (κ1) is 18.5. The first-order valence-electron chi connectivity index (χ1n) is 8.93. The van der Waals surface area contributed by atoms with Gasteiger partial charge in [-0.15, -0.1) is 0 Å². The topological polar surface area (TPSA) is 69.6 Å². The van der Waals surface area contributed by atoms with Gasteiger partial charge >= 0.3 is 0 Å². The molecule has 2 amide bonds. The molecule has 1 fully saturated rings. The number of amides is 2. The Bertz CT molecular complexity index is 533. The Balaban J connectivity index is 1.83. The van der Waals surface area contributed by atoms with Gasteiger partial charge in [-0.2, -0.15) is 0 Å². The van der Waals surface area contributed by atoms with Crippen LogP contribution in [-0.2, 0) is 9.59 Å². The average molecular weight is 332 g/mol. The number of likely N-dealkylation sites (tertiary alicyclic amines) is 1. The Morgan fingerprint density at radius 1 is 1.29 bits per heavy atom. The highest BCUT2D eigenvalue weighted by Crippen LogP contribution is 2.19. The summed E-state index contributed by atoms with van der Waals surface area (Å²) in [5.74, 6) is -0.0268. The monoisotopic (exact) mass is 332 g/mol. The van der Waals surface area contributed by atoms with Gasteiger partial charge < -0.3 is 15.3 Å². The highest BCUT2D eigenvalue weighted by Gasteiger charge is 2.31. The van der Waals surface area contributed by atoms with E-state index >= 15 is 0 Å². The number of piperidine rings is 1. The number of nitrogens with one attached hydrogen (secondary N) is 1. The summed E-state index contributed by atoms with van der Waals surface area (Å²) >= 11 is 0. The molecule has 132 valence electrons. The minimum absolute atomic E-state index is 0.0710. The van der Waals surface area contributed by atoms with E-state index in [2.05, 4.69) is 5.32 Å². The van der Waals surface area contributed by atoms with Crippen LogP contribution in [0.1, 0.15) is 57.1 Å². The molecule has 0 radical (unpaired) electrons. The molecule has 2 unspecified atom stereocenters. The second-order valence-electron chi connectivity index (χ2n) is 6.35. The summed E-state index contributed by atoms with van der Waals surface area (Å²) in [5, 5.41) is 13.0. The highest BCUT2D eigenvalue weighted by atomic mass is 16.3.